The molecule has 2 rings (SSSR count). The number of aryl methyl sites for hydroxylation is 1. The first-order chi connectivity index (χ1) is 9.20. The molecule has 0 bridgehead atoms. The summed E-state index contributed by atoms with van der Waals surface area (Å²) in [5.74, 6) is 0.316. The van der Waals surface area contributed by atoms with Crippen LogP contribution in [0.15, 0.2) is 42.9 Å². The molecule has 0 aliphatic heterocycles. The number of hydrogen-bond donors (Lipinski definition) is 0. The molecule has 0 N–H and O–H groups in total. The predicted molar refractivity (Wildman–Crippen MR) is 75.1 cm³/mol. The van der Waals surface area contributed by atoms with Crippen LogP contribution in [0.2, 0.25) is 0 Å². The SMILES string of the molecule is Cn1cnc(C(=O)N(CCCl)Cc2ccccc2)c1. The van der Waals surface area contributed by atoms with Crippen molar-refractivity contribution in [2.24, 2.45) is 7.05 Å². The molecule has 0 atom stereocenters. The number of benzene rings is 1. The fourth-order valence-electron chi connectivity index (χ4n) is 1.84. The number of carbonyl (C=O) groups excluding carboxylic acids is 1. The van der Waals surface area contributed by atoms with Gasteiger partial charge in [0.15, 0.2) is 0 Å². The molecule has 1 amide bonds. The third kappa shape index (κ3) is 3.58. The maximum atomic E-state index is 12.3. The van der Waals surface area contributed by atoms with Gasteiger partial charge in [-0.15, -0.1) is 11.6 Å². The molecule has 0 spiro atoms. The van der Waals surface area contributed by atoms with Gasteiger partial charge in [0, 0.05) is 32.2 Å². The zero-order valence-electron chi connectivity index (χ0n) is 10.8. The number of imidazole rings is 1. The van der Waals surface area contributed by atoms with Crippen molar-refractivity contribution in [2.75, 3.05) is 12.4 Å². The largest absolute Gasteiger partial charge is 0.340 e. The number of amides is 1. The van der Waals surface area contributed by atoms with Gasteiger partial charge in [0.1, 0.15) is 5.69 Å². The van der Waals surface area contributed by atoms with E-state index in [1.807, 2.05) is 37.4 Å². The monoisotopic (exact) mass is 277 g/mol. The second kappa shape index (κ2) is 6.38. The summed E-state index contributed by atoms with van der Waals surface area (Å²) in [5.41, 5.74) is 1.53. The molecule has 0 aliphatic rings. The summed E-state index contributed by atoms with van der Waals surface area (Å²) in [6, 6.07) is 9.86. The van der Waals surface area contributed by atoms with Gasteiger partial charge >= 0.3 is 0 Å². The summed E-state index contributed by atoms with van der Waals surface area (Å²) >= 11 is 5.78. The van der Waals surface area contributed by atoms with Gasteiger partial charge in [0.05, 0.1) is 6.33 Å². The zero-order chi connectivity index (χ0) is 13.7. The number of aromatic nitrogens is 2. The van der Waals surface area contributed by atoms with Crippen molar-refractivity contribution in [2.45, 2.75) is 6.54 Å². The van der Waals surface area contributed by atoms with Crippen LogP contribution in [-0.4, -0.2) is 32.8 Å². The van der Waals surface area contributed by atoms with E-state index in [1.54, 1.807) is 22.0 Å². The molecule has 1 heterocycles. The Morgan fingerprint density at radius 2 is 2.11 bits per heavy atom. The van der Waals surface area contributed by atoms with Gasteiger partial charge in [-0.3, -0.25) is 4.79 Å². The molecule has 19 heavy (non-hydrogen) atoms. The highest BCUT2D eigenvalue weighted by molar-refractivity contribution is 6.18. The van der Waals surface area contributed by atoms with E-state index in [0.717, 1.165) is 5.56 Å². The van der Waals surface area contributed by atoms with Crippen molar-refractivity contribution in [1.29, 1.82) is 0 Å². The van der Waals surface area contributed by atoms with Gasteiger partial charge in [0.2, 0.25) is 0 Å². The summed E-state index contributed by atoms with van der Waals surface area (Å²) in [6.07, 6.45) is 3.34. The van der Waals surface area contributed by atoms with E-state index < -0.39 is 0 Å². The summed E-state index contributed by atoms with van der Waals surface area (Å²) in [6.45, 7) is 1.05. The molecule has 2 aromatic rings. The first-order valence-electron chi connectivity index (χ1n) is 6.08. The van der Waals surface area contributed by atoms with Crippen LogP contribution in [-0.2, 0) is 13.6 Å². The topological polar surface area (TPSA) is 38.1 Å². The maximum Gasteiger partial charge on any atom is 0.274 e. The molecule has 0 aliphatic carbocycles. The van der Waals surface area contributed by atoms with Crippen LogP contribution in [0.3, 0.4) is 0 Å². The smallest absolute Gasteiger partial charge is 0.274 e. The number of hydrogen-bond acceptors (Lipinski definition) is 2. The highest BCUT2D eigenvalue weighted by atomic mass is 35.5. The van der Waals surface area contributed by atoms with Crippen molar-refractivity contribution < 1.29 is 4.79 Å². The molecule has 0 radical (unpaired) electrons. The van der Waals surface area contributed by atoms with Crippen molar-refractivity contribution >= 4 is 17.5 Å². The minimum Gasteiger partial charge on any atom is -0.340 e. The van der Waals surface area contributed by atoms with Crippen LogP contribution in [0.25, 0.3) is 0 Å². The van der Waals surface area contributed by atoms with Crippen LogP contribution < -0.4 is 0 Å². The van der Waals surface area contributed by atoms with Crippen LogP contribution >= 0.6 is 11.6 Å². The van der Waals surface area contributed by atoms with E-state index in [0.29, 0.717) is 24.7 Å². The normalized spacial score (nSPS) is 10.4. The Labute approximate surface area is 117 Å². The number of nitrogens with zero attached hydrogens (tertiary/aromatic N) is 3. The van der Waals surface area contributed by atoms with Crippen molar-refractivity contribution in [3.63, 3.8) is 0 Å². The van der Waals surface area contributed by atoms with Gasteiger partial charge in [0.25, 0.3) is 5.91 Å². The van der Waals surface area contributed by atoms with Gasteiger partial charge in [-0.05, 0) is 5.56 Å². The first kappa shape index (κ1) is 13.6. The number of alkyl halides is 1. The van der Waals surface area contributed by atoms with Crippen LogP contribution in [0, 0.1) is 0 Å². The molecule has 4 nitrogen and oxygen atoms in total. The van der Waals surface area contributed by atoms with Crippen LogP contribution in [0.4, 0.5) is 0 Å². The fourth-order valence-corrected chi connectivity index (χ4v) is 2.05. The second-order valence-corrected chi connectivity index (χ2v) is 4.70. The molecule has 0 saturated heterocycles. The minimum atomic E-state index is -0.0925. The lowest BCUT2D eigenvalue weighted by Crippen LogP contribution is -2.32. The fraction of sp³-hybridized carbons (Fsp3) is 0.286. The van der Waals surface area contributed by atoms with E-state index in [-0.39, 0.29) is 5.91 Å². The standard InChI is InChI=1S/C14H16ClN3O/c1-17-10-13(16-11-17)14(19)18(8-7-15)9-12-5-3-2-4-6-12/h2-6,10-11H,7-9H2,1H3. The third-order valence-electron chi connectivity index (χ3n) is 2.78. The Kier molecular flexibility index (Phi) is 4.58. The quantitative estimate of drug-likeness (QED) is 0.787. The minimum absolute atomic E-state index is 0.0925. The van der Waals surface area contributed by atoms with Gasteiger partial charge in [-0.2, -0.15) is 0 Å². The summed E-state index contributed by atoms with van der Waals surface area (Å²) in [7, 11) is 1.84. The average molecular weight is 278 g/mol. The molecule has 100 valence electrons. The molecule has 0 fully saturated rings. The van der Waals surface area contributed by atoms with E-state index in [2.05, 4.69) is 4.98 Å². The Morgan fingerprint density at radius 1 is 1.37 bits per heavy atom. The van der Waals surface area contributed by atoms with Gasteiger partial charge in [-0.25, -0.2) is 4.98 Å². The lowest BCUT2D eigenvalue weighted by molar-refractivity contribution is 0.0748. The van der Waals surface area contributed by atoms with Gasteiger partial charge in [-0.1, -0.05) is 30.3 Å². The summed E-state index contributed by atoms with van der Waals surface area (Å²) in [4.78, 5) is 18.1. The van der Waals surface area contributed by atoms with E-state index in [4.69, 9.17) is 11.6 Å². The highest BCUT2D eigenvalue weighted by Gasteiger charge is 2.17. The van der Waals surface area contributed by atoms with Gasteiger partial charge < -0.3 is 9.47 Å². The highest BCUT2D eigenvalue weighted by Crippen LogP contribution is 2.09. The zero-order valence-corrected chi connectivity index (χ0v) is 11.5. The summed E-state index contributed by atoms with van der Waals surface area (Å²) in [5, 5.41) is 0. The van der Waals surface area contributed by atoms with Crippen LogP contribution in [0.5, 0.6) is 0 Å². The molecular weight excluding hydrogens is 262 g/mol. The number of halogens is 1. The van der Waals surface area contributed by atoms with Crippen molar-refractivity contribution in [1.82, 2.24) is 14.5 Å². The average Bonchev–Trinajstić information content (AvgIpc) is 2.85. The van der Waals surface area contributed by atoms with Crippen molar-refractivity contribution in [3.8, 4) is 0 Å². The lowest BCUT2D eigenvalue weighted by Gasteiger charge is -2.20. The maximum absolute atomic E-state index is 12.3. The Bertz CT molecular complexity index is 539. The number of rotatable bonds is 5. The third-order valence-corrected chi connectivity index (χ3v) is 2.95. The molecule has 0 unspecified atom stereocenters. The molecule has 1 aromatic heterocycles. The predicted octanol–water partition coefficient (Wildman–Crippen LogP) is 2.30. The Balaban J connectivity index is 2.13. The Morgan fingerprint density at radius 3 is 2.68 bits per heavy atom. The van der Waals surface area contributed by atoms with Crippen LogP contribution in [0.1, 0.15) is 16.1 Å². The van der Waals surface area contributed by atoms with E-state index in [1.165, 1.54) is 0 Å². The molecular formula is C14H16ClN3O. The van der Waals surface area contributed by atoms with Crippen molar-refractivity contribution in [3.05, 3.63) is 54.1 Å². The second-order valence-electron chi connectivity index (χ2n) is 4.33. The lowest BCUT2D eigenvalue weighted by atomic mass is 10.2. The van der Waals surface area contributed by atoms with E-state index in [9.17, 15) is 4.79 Å². The first-order valence-corrected chi connectivity index (χ1v) is 6.61. The number of carbonyl (C=O) groups is 1. The molecule has 1 aromatic carbocycles. The molecule has 0 saturated carbocycles. The Hall–Kier alpha value is -1.81. The molecule has 5 heteroatoms. The van der Waals surface area contributed by atoms with E-state index >= 15 is 0 Å². The summed E-state index contributed by atoms with van der Waals surface area (Å²) < 4.78 is 1.76.